The van der Waals surface area contributed by atoms with Gasteiger partial charge in [0.2, 0.25) is 0 Å². The molecule has 0 aliphatic rings. The molecule has 3 rings (SSSR count). The monoisotopic (exact) mass is 288 g/mol. The Morgan fingerprint density at radius 1 is 0.727 bits per heavy atom. The number of anilines is 2. The van der Waals surface area contributed by atoms with Gasteiger partial charge in [0.1, 0.15) is 0 Å². The van der Waals surface area contributed by atoms with Crippen LogP contribution in [0, 0.1) is 0 Å². The molecule has 0 spiro atoms. The van der Waals surface area contributed by atoms with Crippen LogP contribution in [0.3, 0.4) is 0 Å². The van der Waals surface area contributed by atoms with Crippen LogP contribution in [0.15, 0.2) is 72.8 Å². The fraction of sp³-hybridized carbons (Fsp3) is 0. The van der Waals surface area contributed by atoms with Crippen molar-refractivity contribution >= 4 is 17.2 Å². The first-order valence-electron chi connectivity index (χ1n) is 7.00. The Labute approximate surface area is 129 Å². The molecule has 0 fully saturated rings. The zero-order chi connectivity index (χ0) is 15.5. The zero-order valence-electron chi connectivity index (χ0n) is 12.0. The van der Waals surface area contributed by atoms with Crippen molar-refractivity contribution in [3.8, 4) is 11.1 Å². The molecule has 0 atom stereocenters. The van der Waals surface area contributed by atoms with Gasteiger partial charge in [-0.1, -0.05) is 36.4 Å². The number of hydrogen-bond acceptors (Lipinski definition) is 3. The van der Waals surface area contributed by atoms with Crippen molar-refractivity contribution in [3.05, 3.63) is 83.9 Å². The summed E-state index contributed by atoms with van der Waals surface area (Å²) in [5.74, 6) is -0.0296. The average molecular weight is 288 g/mol. The minimum Gasteiger partial charge on any atom is -0.399 e. The third-order valence-electron chi connectivity index (χ3n) is 3.54. The van der Waals surface area contributed by atoms with Gasteiger partial charge in [0, 0.05) is 22.5 Å². The van der Waals surface area contributed by atoms with E-state index in [0.717, 1.165) is 11.1 Å². The van der Waals surface area contributed by atoms with Gasteiger partial charge in [-0.3, -0.25) is 4.79 Å². The number of rotatable bonds is 3. The van der Waals surface area contributed by atoms with E-state index in [2.05, 4.69) is 0 Å². The topological polar surface area (TPSA) is 69.1 Å². The summed E-state index contributed by atoms with van der Waals surface area (Å²) in [7, 11) is 0. The Balaban J connectivity index is 2.08. The third-order valence-corrected chi connectivity index (χ3v) is 3.54. The van der Waals surface area contributed by atoms with Crippen molar-refractivity contribution in [3.63, 3.8) is 0 Å². The number of carbonyl (C=O) groups is 1. The predicted molar refractivity (Wildman–Crippen MR) is 90.6 cm³/mol. The summed E-state index contributed by atoms with van der Waals surface area (Å²) in [6.45, 7) is 0. The molecular weight excluding hydrogens is 272 g/mol. The van der Waals surface area contributed by atoms with Gasteiger partial charge >= 0.3 is 0 Å². The largest absolute Gasteiger partial charge is 0.399 e. The first-order chi connectivity index (χ1) is 10.6. The lowest BCUT2D eigenvalue weighted by molar-refractivity contribution is 0.103. The molecule has 0 saturated heterocycles. The van der Waals surface area contributed by atoms with Gasteiger partial charge < -0.3 is 11.5 Å². The normalized spacial score (nSPS) is 10.4. The molecule has 0 aliphatic carbocycles. The Kier molecular flexibility index (Phi) is 3.62. The minimum absolute atomic E-state index is 0.0296. The van der Waals surface area contributed by atoms with Crippen molar-refractivity contribution in [1.29, 1.82) is 0 Å². The number of nitrogen functional groups attached to an aromatic ring is 2. The van der Waals surface area contributed by atoms with Gasteiger partial charge in [-0.2, -0.15) is 0 Å². The van der Waals surface area contributed by atoms with E-state index in [0.29, 0.717) is 22.5 Å². The highest BCUT2D eigenvalue weighted by atomic mass is 16.1. The summed E-state index contributed by atoms with van der Waals surface area (Å²) in [5.41, 5.74) is 15.9. The van der Waals surface area contributed by atoms with Crippen LogP contribution in [0.1, 0.15) is 15.9 Å². The molecule has 0 aliphatic heterocycles. The van der Waals surface area contributed by atoms with E-state index in [-0.39, 0.29) is 5.78 Å². The lowest BCUT2D eigenvalue weighted by Crippen LogP contribution is -2.03. The molecule has 0 saturated carbocycles. The third kappa shape index (κ3) is 2.69. The van der Waals surface area contributed by atoms with E-state index in [1.807, 2.05) is 48.5 Å². The number of ketones is 1. The highest BCUT2D eigenvalue weighted by Gasteiger charge is 2.14. The molecule has 0 unspecified atom stereocenters. The zero-order valence-corrected chi connectivity index (χ0v) is 12.0. The standard InChI is InChI=1S/C19H16N2O/c20-15-10-8-13(9-11-15)19(22)18-7-2-1-6-17(18)14-4-3-5-16(21)12-14/h1-12H,20-21H2. The molecule has 0 amide bonds. The molecule has 0 bridgehead atoms. The second-order valence-electron chi connectivity index (χ2n) is 5.12. The average Bonchev–Trinajstić information content (AvgIpc) is 2.55. The van der Waals surface area contributed by atoms with Crippen molar-refractivity contribution in [2.45, 2.75) is 0 Å². The number of benzene rings is 3. The maximum atomic E-state index is 12.8. The van der Waals surface area contributed by atoms with Crippen LogP contribution in [0.25, 0.3) is 11.1 Å². The maximum absolute atomic E-state index is 12.8. The molecule has 4 N–H and O–H groups in total. The minimum atomic E-state index is -0.0296. The van der Waals surface area contributed by atoms with Crippen molar-refractivity contribution in [2.75, 3.05) is 11.5 Å². The summed E-state index contributed by atoms with van der Waals surface area (Å²) in [5, 5.41) is 0. The summed E-state index contributed by atoms with van der Waals surface area (Å²) in [6.07, 6.45) is 0. The number of carbonyl (C=O) groups excluding carboxylic acids is 1. The van der Waals surface area contributed by atoms with Crippen molar-refractivity contribution < 1.29 is 4.79 Å². The summed E-state index contributed by atoms with van der Waals surface area (Å²) in [6, 6.07) is 22.0. The molecule has 0 aromatic heterocycles. The van der Waals surface area contributed by atoms with Gasteiger partial charge in [0.15, 0.2) is 5.78 Å². The fourth-order valence-electron chi connectivity index (χ4n) is 2.43. The van der Waals surface area contributed by atoms with Crippen LogP contribution in [0.4, 0.5) is 11.4 Å². The first kappa shape index (κ1) is 13.9. The Morgan fingerprint density at radius 3 is 2.18 bits per heavy atom. The van der Waals surface area contributed by atoms with Crippen molar-refractivity contribution in [2.24, 2.45) is 0 Å². The summed E-state index contributed by atoms with van der Waals surface area (Å²) >= 11 is 0. The van der Waals surface area contributed by atoms with Crippen LogP contribution >= 0.6 is 0 Å². The summed E-state index contributed by atoms with van der Waals surface area (Å²) < 4.78 is 0. The molecular formula is C19H16N2O. The van der Waals surface area contributed by atoms with E-state index in [1.54, 1.807) is 24.3 Å². The van der Waals surface area contributed by atoms with E-state index in [4.69, 9.17) is 11.5 Å². The highest BCUT2D eigenvalue weighted by Crippen LogP contribution is 2.27. The lowest BCUT2D eigenvalue weighted by Gasteiger charge is -2.10. The number of nitrogens with two attached hydrogens (primary N) is 2. The van der Waals surface area contributed by atoms with Gasteiger partial charge in [-0.05, 0) is 47.5 Å². The molecule has 108 valence electrons. The maximum Gasteiger partial charge on any atom is 0.193 e. The van der Waals surface area contributed by atoms with E-state index in [1.165, 1.54) is 0 Å². The van der Waals surface area contributed by atoms with E-state index < -0.39 is 0 Å². The Hall–Kier alpha value is -3.07. The number of hydrogen-bond donors (Lipinski definition) is 2. The molecule has 0 radical (unpaired) electrons. The Bertz CT molecular complexity index is 823. The Morgan fingerprint density at radius 2 is 1.45 bits per heavy atom. The fourth-order valence-corrected chi connectivity index (χ4v) is 2.43. The van der Waals surface area contributed by atoms with Gasteiger partial charge in [-0.15, -0.1) is 0 Å². The lowest BCUT2D eigenvalue weighted by atomic mass is 9.94. The van der Waals surface area contributed by atoms with Gasteiger partial charge in [-0.25, -0.2) is 0 Å². The smallest absolute Gasteiger partial charge is 0.193 e. The molecule has 3 heteroatoms. The van der Waals surface area contributed by atoms with Crippen molar-refractivity contribution in [1.82, 2.24) is 0 Å². The molecule has 22 heavy (non-hydrogen) atoms. The van der Waals surface area contributed by atoms with Crippen LogP contribution in [-0.2, 0) is 0 Å². The molecule has 0 heterocycles. The van der Waals surface area contributed by atoms with Crippen LogP contribution in [-0.4, -0.2) is 5.78 Å². The van der Waals surface area contributed by atoms with Crippen LogP contribution < -0.4 is 11.5 Å². The SMILES string of the molecule is Nc1ccc(C(=O)c2ccccc2-c2cccc(N)c2)cc1. The second-order valence-corrected chi connectivity index (χ2v) is 5.12. The predicted octanol–water partition coefficient (Wildman–Crippen LogP) is 3.75. The highest BCUT2D eigenvalue weighted by molar-refractivity contribution is 6.13. The van der Waals surface area contributed by atoms with Gasteiger partial charge in [0.05, 0.1) is 0 Å². The molecule has 3 nitrogen and oxygen atoms in total. The van der Waals surface area contributed by atoms with E-state index >= 15 is 0 Å². The molecule has 3 aromatic carbocycles. The van der Waals surface area contributed by atoms with Crippen LogP contribution in [0.5, 0.6) is 0 Å². The van der Waals surface area contributed by atoms with E-state index in [9.17, 15) is 4.79 Å². The van der Waals surface area contributed by atoms with Gasteiger partial charge in [0.25, 0.3) is 0 Å². The summed E-state index contributed by atoms with van der Waals surface area (Å²) in [4.78, 5) is 12.8. The molecule has 3 aromatic rings. The van der Waals surface area contributed by atoms with Crippen LogP contribution in [0.2, 0.25) is 0 Å². The first-order valence-corrected chi connectivity index (χ1v) is 7.00. The quantitative estimate of drug-likeness (QED) is 0.569. The second kappa shape index (κ2) is 5.74.